The van der Waals surface area contributed by atoms with Crippen molar-refractivity contribution in [1.29, 1.82) is 0 Å². The van der Waals surface area contributed by atoms with Crippen molar-refractivity contribution in [2.75, 3.05) is 36.4 Å². The first kappa shape index (κ1) is 17.8. The molecule has 0 bridgehead atoms. The van der Waals surface area contributed by atoms with Crippen LogP contribution in [0.2, 0.25) is 0 Å². The van der Waals surface area contributed by atoms with Gasteiger partial charge in [-0.15, -0.1) is 0 Å². The van der Waals surface area contributed by atoms with Gasteiger partial charge in [0.25, 0.3) is 0 Å². The van der Waals surface area contributed by atoms with Gasteiger partial charge in [0.1, 0.15) is 0 Å². The highest BCUT2D eigenvalue weighted by Crippen LogP contribution is 2.25. The molecular weight excluding hydrogens is 314 g/mol. The van der Waals surface area contributed by atoms with Gasteiger partial charge in [-0.1, -0.05) is 6.92 Å². The molecule has 0 unspecified atom stereocenters. The smallest absolute Gasteiger partial charge is 0.229 e. The molecule has 2 saturated heterocycles. The number of benzene rings is 1. The van der Waals surface area contributed by atoms with E-state index in [1.165, 1.54) is 18.5 Å². The molecule has 5 heteroatoms. The summed E-state index contributed by atoms with van der Waals surface area (Å²) in [7, 11) is 0. The first-order valence-electron chi connectivity index (χ1n) is 9.44. The van der Waals surface area contributed by atoms with Gasteiger partial charge in [-0.05, 0) is 55.9 Å². The zero-order chi connectivity index (χ0) is 17.8. The van der Waals surface area contributed by atoms with E-state index in [0.29, 0.717) is 6.54 Å². The second kappa shape index (κ2) is 7.89. The van der Waals surface area contributed by atoms with Crippen molar-refractivity contribution < 1.29 is 9.59 Å². The Kier molecular flexibility index (Phi) is 5.61. The fourth-order valence-corrected chi connectivity index (χ4v) is 3.74. The Labute approximate surface area is 150 Å². The van der Waals surface area contributed by atoms with Crippen LogP contribution in [0.3, 0.4) is 0 Å². The SMILES string of the molecule is CC(=O)N1CCC[C@H](C(=O)Nc2ccc(N3CCC(C)CC3)cc2)C1. The number of nitrogens with zero attached hydrogens (tertiary/aromatic N) is 2. The summed E-state index contributed by atoms with van der Waals surface area (Å²) in [6.07, 6.45) is 4.23. The Bertz CT molecular complexity index is 606. The number of nitrogens with one attached hydrogen (secondary N) is 1. The standard InChI is InChI=1S/C20H29N3O2/c1-15-9-12-22(13-10-15)19-7-5-18(6-8-19)21-20(25)17-4-3-11-23(14-17)16(2)24/h5-8,15,17H,3-4,9-14H2,1-2H3,(H,21,25)/t17-/m0/s1. The summed E-state index contributed by atoms with van der Waals surface area (Å²) in [6.45, 7) is 7.40. The second-order valence-corrected chi connectivity index (χ2v) is 7.51. The molecule has 0 aromatic heterocycles. The van der Waals surface area contributed by atoms with E-state index in [-0.39, 0.29) is 17.7 Å². The maximum Gasteiger partial charge on any atom is 0.229 e. The third kappa shape index (κ3) is 4.53. The normalized spacial score (nSPS) is 21.9. The summed E-state index contributed by atoms with van der Waals surface area (Å²) in [6, 6.07) is 8.15. The third-order valence-corrected chi connectivity index (χ3v) is 5.52. The van der Waals surface area contributed by atoms with Crippen molar-refractivity contribution in [3.63, 3.8) is 0 Å². The number of amides is 2. The largest absolute Gasteiger partial charge is 0.372 e. The monoisotopic (exact) mass is 343 g/mol. The highest BCUT2D eigenvalue weighted by Gasteiger charge is 2.27. The van der Waals surface area contributed by atoms with Crippen LogP contribution in [0.4, 0.5) is 11.4 Å². The van der Waals surface area contributed by atoms with Crippen molar-refractivity contribution in [3.05, 3.63) is 24.3 Å². The first-order chi connectivity index (χ1) is 12.0. The minimum Gasteiger partial charge on any atom is -0.372 e. The number of carbonyl (C=O) groups is 2. The first-order valence-corrected chi connectivity index (χ1v) is 9.44. The number of hydrogen-bond acceptors (Lipinski definition) is 3. The lowest BCUT2D eigenvalue weighted by Gasteiger charge is -2.32. The fourth-order valence-electron chi connectivity index (χ4n) is 3.74. The molecule has 0 radical (unpaired) electrons. The number of carbonyl (C=O) groups excluding carboxylic acids is 2. The van der Waals surface area contributed by atoms with Gasteiger partial charge in [-0.3, -0.25) is 9.59 Å². The Morgan fingerprint density at radius 3 is 2.36 bits per heavy atom. The summed E-state index contributed by atoms with van der Waals surface area (Å²) >= 11 is 0. The van der Waals surface area contributed by atoms with E-state index in [0.717, 1.165) is 44.1 Å². The average molecular weight is 343 g/mol. The average Bonchev–Trinajstić information content (AvgIpc) is 2.63. The van der Waals surface area contributed by atoms with Crippen LogP contribution in [-0.4, -0.2) is 42.9 Å². The molecule has 2 fully saturated rings. The summed E-state index contributed by atoms with van der Waals surface area (Å²) in [4.78, 5) is 28.2. The zero-order valence-electron chi connectivity index (χ0n) is 15.3. The van der Waals surface area contributed by atoms with Crippen LogP contribution in [0.5, 0.6) is 0 Å². The third-order valence-electron chi connectivity index (χ3n) is 5.52. The Hall–Kier alpha value is -2.04. The Balaban J connectivity index is 1.56. The Morgan fingerprint density at radius 2 is 1.72 bits per heavy atom. The maximum atomic E-state index is 12.5. The van der Waals surface area contributed by atoms with E-state index < -0.39 is 0 Å². The molecule has 1 atom stereocenters. The molecule has 1 aromatic carbocycles. The van der Waals surface area contributed by atoms with Crippen LogP contribution in [0, 0.1) is 11.8 Å². The molecule has 1 N–H and O–H groups in total. The fraction of sp³-hybridized carbons (Fsp3) is 0.600. The van der Waals surface area contributed by atoms with E-state index in [9.17, 15) is 9.59 Å². The van der Waals surface area contributed by atoms with Gasteiger partial charge >= 0.3 is 0 Å². The minimum atomic E-state index is -0.110. The van der Waals surface area contributed by atoms with Crippen LogP contribution < -0.4 is 10.2 Å². The molecule has 1 aromatic rings. The number of hydrogen-bond donors (Lipinski definition) is 1. The predicted molar refractivity (Wildman–Crippen MR) is 101 cm³/mol. The molecule has 2 aliphatic heterocycles. The van der Waals surface area contributed by atoms with Crippen LogP contribution in [0.15, 0.2) is 24.3 Å². The highest BCUT2D eigenvalue weighted by molar-refractivity contribution is 5.93. The van der Waals surface area contributed by atoms with E-state index in [1.807, 2.05) is 12.1 Å². The molecular formula is C20H29N3O2. The molecule has 2 aliphatic rings. The van der Waals surface area contributed by atoms with Crippen molar-refractivity contribution in [1.82, 2.24) is 4.90 Å². The quantitative estimate of drug-likeness (QED) is 0.917. The summed E-state index contributed by atoms with van der Waals surface area (Å²) in [5.74, 6) is 0.781. The summed E-state index contributed by atoms with van der Waals surface area (Å²) in [5, 5.41) is 3.01. The second-order valence-electron chi connectivity index (χ2n) is 7.51. The van der Waals surface area contributed by atoms with Crippen molar-refractivity contribution >= 4 is 23.2 Å². The minimum absolute atomic E-state index is 0.0190. The van der Waals surface area contributed by atoms with Crippen LogP contribution >= 0.6 is 0 Å². The summed E-state index contributed by atoms with van der Waals surface area (Å²) in [5.41, 5.74) is 2.06. The van der Waals surface area contributed by atoms with Crippen LogP contribution in [0.1, 0.15) is 39.5 Å². The number of piperidine rings is 2. The van der Waals surface area contributed by atoms with Gasteiger partial charge in [-0.2, -0.15) is 0 Å². The van der Waals surface area contributed by atoms with Gasteiger partial charge < -0.3 is 15.1 Å². The lowest BCUT2D eigenvalue weighted by atomic mass is 9.97. The van der Waals surface area contributed by atoms with Crippen molar-refractivity contribution in [3.8, 4) is 0 Å². The van der Waals surface area contributed by atoms with Gasteiger partial charge in [0.05, 0.1) is 5.92 Å². The number of likely N-dealkylation sites (tertiary alicyclic amines) is 1. The molecule has 5 nitrogen and oxygen atoms in total. The van der Waals surface area contributed by atoms with Gasteiger partial charge in [-0.25, -0.2) is 0 Å². The number of anilines is 2. The van der Waals surface area contributed by atoms with E-state index in [1.54, 1.807) is 11.8 Å². The summed E-state index contributed by atoms with van der Waals surface area (Å²) < 4.78 is 0. The molecule has 25 heavy (non-hydrogen) atoms. The predicted octanol–water partition coefficient (Wildman–Crippen LogP) is 3.12. The van der Waals surface area contributed by atoms with Crippen molar-refractivity contribution in [2.45, 2.75) is 39.5 Å². The molecule has 0 aliphatic carbocycles. The molecule has 0 spiro atoms. The van der Waals surface area contributed by atoms with Crippen LogP contribution in [0.25, 0.3) is 0 Å². The highest BCUT2D eigenvalue weighted by atomic mass is 16.2. The zero-order valence-corrected chi connectivity index (χ0v) is 15.3. The molecule has 2 amide bonds. The van der Waals surface area contributed by atoms with E-state index in [2.05, 4.69) is 29.3 Å². The molecule has 2 heterocycles. The Morgan fingerprint density at radius 1 is 1.04 bits per heavy atom. The van der Waals surface area contributed by atoms with E-state index >= 15 is 0 Å². The molecule has 0 saturated carbocycles. The van der Waals surface area contributed by atoms with E-state index in [4.69, 9.17) is 0 Å². The van der Waals surface area contributed by atoms with Gasteiger partial charge in [0.2, 0.25) is 11.8 Å². The molecule has 136 valence electrons. The van der Waals surface area contributed by atoms with Crippen molar-refractivity contribution in [2.24, 2.45) is 11.8 Å². The lowest BCUT2D eigenvalue weighted by Crippen LogP contribution is -2.42. The lowest BCUT2D eigenvalue weighted by molar-refractivity contribution is -0.132. The van der Waals surface area contributed by atoms with Gasteiger partial charge in [0.15, 0.2) is 0 Å². The van der Waals surface area contributed by atoms with Crippen LogP contribution in [-0.2, 0) is 9.59 Å². The number of rotatable bonds is 3. The van der Waals surface area contributed by atoms with Gasteiger partial charge in [0, 0.05) is 44.5 Å². The topological polar surface area (TPSA) is 52.7 Å². The molecule has 3 rings (SSSR count). The maximum absolute atomic E-state index is 12.5.